The van der Waals surface area contributed by atoms with Gasteiger partial charge in [-0.3, -0.25) is 10.0 Å². The molecule has 20 heavy (non-hydrogen) atoms. The maximum Gasteiger partial charge on any atom is 0.281 e. The van der Waals surface area contributed by atoms with Gasteiger partial charge in [-0.25, -0.2) is 0 Å². The first-order valence-corrected chi connectivity index (χ1v) is 6.53. The molecule has 0 bridgehead atoms. The third-order valence-corrected chi connectivity index (χ3v) is 3.80. The van der Waals surface area contributed by atoms with E-state index in [4.69, 9.17) is 0 Å². The van der Waals surface area contributed by atoms with Crippen molar-refractivity contribution in [3.8, 4) is 0 Å². The van der Waals surface area contributed by atoms with Crippen LogP contribution in [0.15, 0.2) is 42.5 Å². The van der Waals surface area contributed by atoms with Gasteiger partial charge in [0.05, 0.1) is 11.3 Å². The minimum Gasteiger partial charge on any atom is -0.320 e. The molecule has 0 fully saturated rings. The third kappa shape index (κ3) is 1.85. The summed E-state index contributed by atoms with van der Waals surface area (Å²) in [6, 6.07) is 13.4. The fourth-order valence-electron chi connectivity index (χ4n) is 2.54. The lowest BCUT2D eigenvalue weighted by Gasteiger charge is -2.35. The lowest BCUT2D eigenvalue weighted by Crippen LogP contribution is -2.42. The van der Waals surface area contributed by atoms with Gasteiger partial charge in [0.2, 0.25) is 0 Å². The highest BCUT2D eigenvalue weighted by atomic mass is 16.5. The molecule has 0 atom stereocenters. The number of nitrogens with zero attached hydrogens (tertiary/aromatic N) is 2. The van der Waals surface area contributed by atoms with E-state index in [1.807, 2.05) is 36.1 Å². The fraction of sp³-hybridized carbons (Fsp3) is 0.188. The average molecular weight is 268 g/mol. The lowest BCUT2D eigenvalue weighted by atomic mass is 10.0. The maximum atomic E-state index is 12.0. The molecule has 0 unspecified atom stereocenters. The van der Waals surface area contributed by atoms with Crippen LogP contribution in [0.4, 0.5) is 11.4 Å². The number of hydroxylamine groups is 2. The molecule has 102 valence electrons. The summed E-state index contributed by atoms with van der Waals surface area (Å²) < 4.78 is 0. The van der Waals surface area contributed by atoms with Crippen LogP contribution in [0.3, 0.4) is 0 Å². The number of para-hydroxylation sites is 1. The molecule has 2 aromatic carbocycles. The molecule has 1 amide bonds. The second-order valence-corrected chi connectivity index (χ2v) is 5.01. The average Bonchev–Trinajstić information content (AvgIpc) is 2.46. The van der Waals surface area contributed by atoms with E-state index < -0.39 is 0 Å². The second-order valence-electron chi connectivity index (χ2n) is 5.01. The van der Waals surface area contributed by atoms with Crippen molar-refractivity contribution in [3.05, 3.63) is 59.2 Å². The molecule has 3 rings (SSSR count). The number of hydrogen-bond donors (Lipinski definition) is 1. The smallest absolute Gasteiger partial charge is 0.281 e. The number of fused-ring (bicyclic) bond motifs is 1. The zero-order valence-electron chi connectivity index (χ0n) is 11.5. The van der Waals surface area contributed by atoms with E-state index in [-0.39, 0.29) is 12.6 Å². The van der Waals surface area contributed by atoms with Crippen molar-refractivity contribution in [2.45, 2.75) is 13.8 Å². The van der Waals surface area contributed by atoms with Crippen LogP contribution in [0.25, 0.3) is 0 Å². The molecule has 4 heteroatoms. The van der Waals surface area contributed by atoms with Crippen molar-refractivity contribution in [3.63, 3.8) is 0 Å². The van der Waals surface area contributed by atoms with Crippen molar-refractivity contribution < 1.29 is 10.0 Å². The van der Waals surface area contributed by atoms with Crippen LogP contribution in [0.2, 0.25) is 0 Å². The van der Waals surface area contributed by atoms with Crippen LogP contribution in [-0.4, -0.2) is 22.8 Å². The molecule has 1 heterocycles. The number of hydrogen-bond acceptors (Lipinski definition) is 3. The minimum atomic E-state index is -0.359. The summed E-state index contributed by atoms with van der Waals surface area (Å²) in [6.07, 6.45) is 0. The van der Waals surface area contributed by atoms with Crippen molar-refractivity contribution in [2.24, 2.45) is 0 Å². The first-order chi connectivity index (χ1) is 9.59. The Bertz CT molecular complexity index is 682. The fourth-order valence-corrected chi connectivity index (χ4v) is 2.54. The van der Waals surface area contributed by atoms with Crippen LogP contribution in [-0.2, 0) is 0 Å². The molecule has 1 aliphatic rings. The minimum absolute atomic E-state index is 0.139. The molecular weight excluding hydrogens is 252 g/mol. The van der Waals surface area contributed by atoms with E-state index in [0.29, 0.717) is 5.56 Å². The molecule has 0 aliphatic carbocycles. The Kier molecular flexibility index (Phi) is 2.95. The lowest BCUT2D eigenvalue weighted by molar-refractivity contribution is -0.0583. The first kappa shape index (κ1) is 12.7. The van der Waals surface area contributed by atoms with E-state index in [1.54, 1.807) is 12.1 Å². The largest absolute Gasteiger partial charge is 0.320 e. The number of anilines is 2. The predicted octanol–water partition coefficient (Wildman–Crippen LogP) is 3.24. The summed E-state index contributed by atoms with van der Waals surface area (Å²) in [6.45, 7) is 4.24. The van der Waals surface area contributed by atoms with Gasteiger partial charge in [0.15, 0.2) is 0 Å². The number of aryl methyl sites for hydroxylation is 1. The third-order valence-electron chi connectivity index (χ3n) is 3.80. The van der Waals surface area contributed by atoms with E-state index in [2.05, 4.69) is 13.0 Å². The highest BCUT2D eigenvalue weighted by molar-refractivity contribution is 6.02. The van der Waals surface area contributed by atoms with Crippen LogP contribution < -0.4 is 4.90 Å². The van der Waals surface area contributed by atoms with E-state index in [9.17, 15) is 10.0 Å². The summed E-state index contributed by atoms with van der Waals surface area (Å²) in [4.78, 5) is 14.0. The standard InChI is InChI=1S/C16H16N2O2/c1-11-6-5-9-14(12(11)2)17-10-18(20)16(19)13-7-3-4-8-15(13)17/h3-9,20H,10H2,1-2H3. The van der Waals surface area contributed by atoms with Gasteiger partial charge in [0.25, 0.3) is 5.91 Å². The second kappa shape index (κ2) is 4.65. The Labute approximate surface area is 117 Å². The predicted molar refractivity (Wildman–Crippen MR) is 77.3 cm³/mol. The zero-order chi connectivity index (χ0) is 14.3. The van der Waals surface area contributed by atoms with Gasteiger partial charge < -0.3 is 4.90 Å². The SMILES string of the molecule is Cc1cccc(N2CN(O)C(=O)c3ccccc32)c1C. The van der Waals surface area contributed by atoms with Crippen molar-refractivity contribution in [1.82, 2.24) is 5.06 Å². The number of carbonyl (C=O) groups excluding carboxylic acids is 1. The topological polar surface area (TPSA) is 43.8 Å². The van der Waals surface area contributed by atoms with Gasteiger partial charge in [0.1, 0.15) is 6.67 Å². The van der Waals surface area contributed by atoms with Gasteiger partial charge in [-0.15, -0.1) is 0 Å². The quantitative estimate of drug-likeness (QED) is 0.807. The maximum absolute atomic E-state index is 12.0. The molecule has 1 aliphatic heterocycles. The Morgan fingerprint density at radius 2 is 1.70 bits per heavy atom. The number of rotatable bonds is 1. The highest BCUT2D eigenvalue weighted by Crippen LogP contribution is 2.35. The zero-order valence-corrected chi connectivity index (χ0v) is 11.5. The van der Waals surface area contributed by atoms with Crippen molar-refractivity contribution in [1.29, 1.82) is 0 Å². The first-order valence-electron chi connectivity index (χ1n) is 6.53. The molecule has 4 nitrogen and oxygen atoms in total. The summed E-state index contributed by atoms with van der Waals surface area (Å²) in [5.41, 5.74) is 4.68. The monoisotopic (exact) mass is 268 g/mol. The molecule has 2 aromatic rings. The number of benzene rings is 2. The molecule has 0 aromatic heterocycles. The number of carbonyl (C=O) groups is 1. The van der Waals surface area contributed by atoms with Crippen LogP contribution >= 0.6 is 0 Å². The summed E-state index contributed by atoms with van der Waals surface area (Å²) in [7, 11) is 0. The van der Waals surface area contributed by atoms with Crippen LogP contribution in [0, 0.1) is 13.8 Å². The summed E-state index contributed by atoms with van der Waals surface area (Å²) in [5.74, 6) is -0.359. The Morgan fingerprint density at radius 1 is 1.00 bits per heavy atom. The molecule has 0 spiro atoms. The van der Waals surface area contributed by atoms with E-state index in [1.165, 1.54) is 5.56 Å². The van der Waals surface area contributed by atoms with Crippen molar-refractivity contribution in [2.75, 3.05) is 11.6 Å². The van der Waals surface area contributed by atoms with Gasteiger partial charge in [-0.2, -0.15) is 5.06 Å². The summed E-state index contributed by atoms with van der Waals surface area (Å²) >= 11 is 0. The highest BCUT2D eigenvalue weighted by Gasteiger charge is 2.29. The Morgan fingerprint density at radius 3 is 2.50 bits per heavy atom. The van der Waals surface area contributed by atoms with E-state index in [0.717, 1.165) is 22.0 Å². The molecule has 1 N–H and O–H groups in total. The van der Waals surface area contributed by atoms with Gasteiger partial charge in [0, 0.05) is 5.69 Å². The summed E-state index contributed by atoms with van der Waals surface area (Å²) in [5, 5.41) is 10.6. The van der Waals surface area contributed by atoms with Gasteiger partial charge in [-0.05, 0) is 43.2 Å². The molecular formula is C16H16N2O2. The van der Waals surface area contributed by atoms with Crippen LogP contribution in [0.5, 0.6) is 0 Å². The molecule has 0 saturated heterocycles. The van der Waals surface area contributed by atoms with E-state index >= 15 is 0 Å². The Hall–Kier alpha value is -2.33. The Balaban J connectivity index is 2.18. The molecule has 0 radical (unpaired) electrons. The molecule has 0 saturated carbocycles. The normalized spacial score (nSPS) is 14.4. The van der Waals surface area contributed by atoms with Gasteiger partial charge >= 0.3 is 0 Å². The van der Waals surface area contributed by atoms with Gasteiger partial charge in [-0.1, -0.05) is 24.3 Å². The van der Waals surface area contributed by atoms with Crippen LogP contribution in [0.1, 0.15) is 21.5 Å². The number of amides is 1. The van der Waals surface area contributed by atoms with Crippen molar-refractivity contribution >= 4 is 17.3 Å².